The van der Waals surface area contributed by atoms with Crippen molar-refractivity contribution in [2.75, 3.05) is 11.9 Å². The Bertz CT molecular complexity index is 812. The van der Waals surface area contributed by atoms with Gasteiger partial charge in [-0.2, -0.15) is 0 Å². The Morgan fingerprint density at radius 2 is 2.00 bits per heavy atom. The summed E-state index contributed by atoms with van der Waals surface area (Å²) in [6, 6.07) is 9.71. The van der Waals surface area contributed by atoms with E-state index < -0.39 is 0 Å². The maximum absolute atomic E-state index is 12.0. The van der Waals surface area contributed by atoms with E-state index in [9.17, 15) is 9.59 Å². The lowest BCUT2D eigenvalue weighted by atomic mass is 9.97. The van der Waals surface area contributed by atoms with E-state index in [1.165, 1.54) is 0 Å². The van der Waals surface area contributed by atoms with E-state index in [4.69, 9.17) is 0 Å². The summed E-state index contributed by atoms with van der Waals surface area (Å²) in [7, 11) is 0. The van der Waals surface area contributed by atoms with Crippen molar-refractivity contribution in [3.63, 3.8) is 0 Å². The number of hydrogen-bond donors (Lipinski definition) is 2. The average molecular weight is 321 g/mol. The van der Waals surface area contributed by atoms with Gasteiger partial charge in [0.05, 0.1) is 0 Å². The lowest BCUT2D eigenvalue weighted by Gasteiger charge is -2.10. The predicted molar refractivity (Wildman–Crippen MR) is 91.7 cm³/mol. The molecule has 1 aliphatic heterocycles. The fraction of sp³-hybridized carbons (Fsp3) is 0.316. The molecule has 0 saturated heterocycles. The summed E-state index contributed by atoms with van der Waals surface area (Å²) in [6.45, 7) is 0.718. The molecule has 4 rings (SSSR count). The van der Waals surface area contributed by atoms with Crippen LogP contribution < -0.4 is 10.6 Å². The highest BCUT2D eigenvalue weighted by Crippen LogP contribution is 2.31. The number of aryl methyl sites for hydroxylation is 1. The highest BCUT2D eigenvalue weighted by Gasteiger charge is 2.29. The zero-order valence-corrected chi connectivity index (χ0v) is 13.3. The lowest BCUT2D eigenvalue weighted by molar-refractivity contribution is -0.117. The Kier molecular flexibility index (Phi) is 3.76. The van der Waals surface area contributed by atoms with Crippen molar-refractivity contribution in [2.24, 2.45) is 5.92 Å². The van der Waals surface area contributed by atoms with Crippen LogP contribution in [0.15, 0.2) is 36.5 Å². The summed E-state index contributed by atoms with van der Waals surface area (Å²) in [4.78, 5) is 28.2. The van der Waals surface area contributed by atoms with Crippen molar-refractivity contribution in [1.82, 2.24) is 10.3 Å². The number of nitrogens with one attached hydrogen (secondary N) is 2. The predicted octanol–water partition coefficient (Wildman–Crippen LogP) is 2.77. The zero-order valence-electron chi connectivity index (χ0n) is 13.3. The monoisotopic (exact) mass is 321 g/mol. The maximum atomic E-state index is 12.0. The average Bonchev–Trinajstić information content (AvgIpc) is 3.43. The molecule has 0 atom stereocenters. The molecule has 1 aromatic carbocycles. The van der Waals surface area contributed by atoms with Gasteiger partial charge in [-0.15, -0.1) is 0 Å². The summed E-state index contributed by atoms with van der Waals surface area (Å²) < 4.78 is 0. The number of benzene rings is 1. The van der Waals surface area contributed by atoms with Crippen LogP contribution in [0.5, 0.6) is 0 Å². The first-order chi connectivity index (χ1) is 11.7. The summed E-state index contributed by atoms with van der Waals surface area (Å²) >= 11 is 0. The normalized spacial score (nSPS) is 16.8. The molecule has 1 aromatic heterocycles. The van der Waals surface area contributed by atoms with Gasteiger partial charge < -0.3 is 10.6 Å². The minimum atomic E-state index is 0.00108. The number of hydrogen-bond acceptors (Lipinski definition) is 3. The van der Waals surface area contributed by atoms with E-state index in [0.29, 0.717) is 5.82 Å². The lowest BCUT2D eigenvalue weighted by Crippen LogP contribution is -2.22. The molecule has 122 valence electrons. The van der Waals surface area contributed by atoms with Gasteiger partial charge in [0, 0.05) is 24.2 Å². The van der Waals surface area contributed by atoms with Crippen LogP contribution in [0.3, 0.4) is 0 Å². The number of anilines is 1. The number of fused-ring (bicyclic) bond motifs is 1. The third-order valence-corrected chi connectivity index (χ3v) is 4.55. The molecule has 1 fully saturated rings. The SMILES string of the molecule is O=C1NCCCc2cc(-c3ccnc(NC(=O)C4CC4)c3)ccc21. The first kappa shape index (κ1) is 14.9. The quantitative estimate of drug-likeness (QED) is 0.913. The highest BCUT2D eigenvalue weighted by atomic mass is 16.2. The van der Waals surface area contributed by atoms with Crippen LogP contribution >= 0.6 is 0 Å². The molecule has 2 aromatic rings. The van der Waals surface area contributed by atoms with Gasteiger partial charge in [0.15, 0.2) is 0 Å². The fourth-order valence-electron chi connectivity index (χ4n) is 3.03. The van der Waals surface area contributed by atoms with Crippen molar-refractivity contribution >= 4 is 17.6 Å². The second-order valence-corrected chi connectivity index (χ2v) is 6.42. The first-order valence-corrected chi connectivity index (χ1v) is 8.39. The number of nitrogens with zero attached hydrogens (tertiary/aromatic N) is 1. The van der Waals surface area contributed by atoms with Crippen LogP contribution in [0.1, 0.15) is 35.2 Å². The molecule has 24 heavy (non-hydrogen) atoms. The Hall–Kier alpha value is -2.69. The number of carbonyl (C=O) groups excluding carboxylic acids is 2. The molecule has 0 bridgehead atoms. The first-order valence-electron chi connectivity index (χ1n) is 8.39. The highest BCUT2D eigenvalue weighted by molar-refractivity contribution is 5.97. The molecule has 2 aliphatic rings. The number of rotatable bonds is 3. The van der Waals surface area contributed by atoms with Gasteiger partial charge in [-0.3, -0.25) is 9.59 Å². The van der Waals surface area contributed by atoms with Gasteiger partial charge in [-0.1, -0.05) is 12.1 Å². The molecule has 0 spiro atoms. The molecule has 2 heterocycles. The molecule has 1 aliphatic carbocycles. The van der Waals surface area contributed by atoms with Gasteiger partial charge in [-0.05, 0) is 60.6 Å². The Morgan fingerprint density at radius 3 is 2.83 bits per heavy atom. The van der Waals surface area contributed by atoms with Crippen molar-refractivity contribution in [3.8, 4) is 11.1 Å². The fourth-order valence-corrected chi connectivity index (χ4v) is 3.03. The Balaban J connectivity index is 1.62. The van der Waals surface area contributed by atoms with Crippen LogP contribution in [-0.4, -0.2) is 23.3 Å². The van der Waals surface area contributed by atoms with Crippen molar-refractivity contribution < 1.29 is 9.59 Å². The molecule has 1 saturated carbocycles. The standard InChI is InChI=1S/C19H19N3O2/c23-18(12-3-4-12)22-17-11-14(7-9-20-17)13-5-6-16-15(10-13)2-1-8-21-19(16)24/h5-7,9-12H,1-4,8H2,(H,21,24)(H,20,22,23). The van der Waals surface area contributed by atoms with Crippen LogP contribution in [0.4, 0.5) is 5.82 Å². The van der Waals surface area contributed by atoms with Gasteiger partial charge >= 0.3 is 0 Å². The van der Waals surface area contributed by atoms with E-state index in [-0.39, 0.29) is 17.7 Å². The molecule has 2 N–H and O–H groups in total. The summed E-state index contributed by atoms with van der Waals surface area (Å²) in [6.07, 6.45) is 5.48. The van der Waals surface area contributed by atoms with Gasteiger partial charge in [-0.25, -0.2) is 4.98 Å². The molecule has 0 unspecified atom stereocenters. The second kappa shape index (κ2) is 6.07. The third-order valence-electron chi connectivity index (χ3n) is 4.55. The molecule has 5 heteroatoms. The van der Waals surface area contributed by atoms with Gasteiger partial charge in [0.2, 0.25) is 5.91 Å². The minimum Gasteiger partial charge on any atom is -0.352 e. The summed E-state index contributed by atoms with van der Waals surface area (Å²) in [5.74, 6) is 0.790. The van der Waals surface area contributed by atoms with Crippen LogP contribution in [0.2, 0.25) is 0 Å². The topological polar surface area (TPSA) is 71.1 Å². The number of amides is 2. The number of pyridine rings is 1. The zero-order chi connectivity index (χ0) is 16.5. The second-order valence-electron chi connectivity index (χ2n) is 6.42. The number of aromatic nitrogens is 1. The smallest absolute Gasteiger partial charge is 0.251 e. The van der Waals surface area contributed by atoms with Crippen molar-refractivity contribution in [3.05, 3.63) is 47.7 Å². The van der Waals surface area contributed by atoms with Gasteiger partial charge in [0.1, 0.15) is 5.82 Å². The van der Waals surface area contributed by atoms with Crippen LogP contribution in [0.25, 0.3) is 11.1 Å². The molecule has 0 radical (unpaired) electrons. The number of carbonyl (C=O) groups is 2. The van der Waals surface area contributed by atoms with E-state index >= 15 is 0 Å². The maximum Gasteiger partial charge on any atom is 0.251 e. The van der Waals surface area contributed by atoms with Crippen molar-refractivity contribution in [2.45, 2.75) is 25.7 Å². The van der Waals surface area contributed by atoms with E-state index in [0.717, 1.165) is 54.5 Å². The summed E-state index contributed by atoms with van der Waals surface area (Å²) in [5, 5.41) is 5.79. The third kappa shape index (κ3) is 3.02. The molecular weight excluding hydrogens is 302 g/mol. The largest absolute Gasteiger partial charge is 0.352 e. The minimum absolute atomic E-state index is 0.00108. The summed E-state index contributed by atoms with van der Waals surface area (Å²) in [5.41, 5.74) is 3.85. The van der Waals surface area contributed by atoms with E-state index in [2.05, 4.69) is 21.7 Å². The Labute approximate surface area is 140 Å². The van der Waals surface area contributed by atoms with E-state index in [1.807, 2.05) is 24.3 Å². The van der Waals surface area contributed by atoms with Gasteiger partial charge in [0.25, 0.3) is 5.91 Å². The molecular formula is C19H19N3O2. The van der Waals surface area contributed by atoms with Crippen molar-refractivity contribution in [1.29, 1.82) is 0 Å². The van der Waals surface area contributed by atoms with Crippen LogP contribution in [0, 0.1) is 5.92 Å². The van der Waals surface area contributed by atoms with E-state index in [1.54, 1.807) is 6.20 Å². The molecule has 2 amide bonds. The molecule has 5 nitrogen and oxygen atoms in total. The van der Waals surface area contributed by atoms with Crippen LogP contribution in [-0.2, 0) is 11.2 Å². The Morgan fingerprint density at radius 1 is 1.17 bits per heavy atom.